The summed E-state index contributed by atoms with van der Waals surface area (Å²) in [5.41, 5.74) is 23.1. The van der Waals surface area contributed by atoms with Crippen LogP contribution in [0.5, 0.6) is 0 Å². The third kappa shape index (κ3) is 7.41. The Bertz CT molecular complexity index is 4190. The van der Waals surface area contributed by atoms with E-state index >= 15 is 0 Å². The lowest BCUT2D eigenvalue weighted by Crippen LogP contribution is -2.28. The van der Waals surface area contributed by atoms with Gasteiger partial charge < -0.3 is 9.47 Å². The van der Waals surface area contributed by atoms with E-state index in [-0.39, 0.29) is 0 Å². The van der Waals surface area contributed by atoms with Gasteiger partial charge in [-0.2, -0.15) is 0 Å². The van der Waals surface area contributed by atoms with Crippen LogP contribution in [0, 0.1) is 0 Å². The molecule has 0 unspecified atom stereocenters. The highest BCUT2D eigenvalue weighted by molar-refractivity contribution is 6.10. The average molecular weight is 955 g/mol. The van der Waals surface area contributed by atoms with Crippen LogP contribution in [0.3, 0.4) is 0 Å². The summed E-state index contributed by atoms with van der Waals surface area (Å²) >= 11 is 0. The third-order valence-corrected chi connectivity index (χ3v) is 15.4. The number of anilines is 3. The van der Waals surface area contributed by atoms with Crippen molar-refractivity contribution in [3.63, 3.8) is 0 Å². The van der Waals surface area contributed by atoms with Crippen molar-refractivity contribution in [2.75, 3.05) is 4.90 Å². The van der Waals surface area contributed by atoms with Gasteiger partial charge in [0, 0.05) is 33.4 Å². The smallest absolute Gasteiger partial charge is 0.0714 e. The fourth-order valence-electron chi connectivity index (χ4n) is 12.1. The molecule has 0 aliphatic heterocycles. The van der Waals surface area contributed by atoms with Crippen LogP contribution in [0.15, 0.2) is 303 Å². The molecule has 0 saturated heterocycles. The Balaban J connectivity index is 0.944. The monoisotopic (exact) mass is 954 g/mol. The van der Waals surface area contributed by atoms with Crippen molar-refractivity contribution in [3.8, 4) is 61.3 Å². The minimum absolute atomic E-state index is 0.548. The number of rotatable bonds is 10. The fourth-order valence-corrected chi connectivity index (χ4v) is 12.1. The molecule has 1 aliphatic rings. The predicted molar refractivity (Wildman–Crippen MR) is 315 cm³/mol. The van der Waals surface area contributed by atoms with E-state index in [1.165, 1.54) is 71.9 Å². The van der Waals surface area contributed by atoms with Gasteiger partial charge in [0.05, 0.1) is 22.1 Å². The number of para-hydroxylation sites is 2. The van der Waals surface area contributed by atoms with Gasteiger partial charge in [-0.3, -0.25) is 0 Å². The summed E-state index contributed by atoms with van der Waals surface area (Å²) in [5, 5.41) is 2.47. The molecule has 1 aliphatic carbocycles. The van der Waals surface area contributed by atoms with Crippen molar-refractivity contribution in [2.24, 2.45) is 0 Å². The van der Waals surface area contributed by atoms with Gasteiger partial charge in [-0.1, -0.05) is 243 Å². The van der Waals surface area contributed by atoms with Crippen LogP contribution in [-0.2, 0) is 5.41 Å². The van der Waals surface area contributed by atoms with Crippen molar-refractivity contribution in [1.82, 2.24) is 4.57 Å². The second-order valence-corrected chi connectivity index (χ2v) is 19.6. The zero-order chi connectivity index (χ0) is 49.7. The van der Waals surface area contributed by atoms with Crippen LogP contribution in [0.4, 0.5) is 17.1 Å². The molecule has 0 amide bonds. The lowest BCUT2D eigenvalue weighted by molar-refractivity contribution is 0.768. The molecule has 0 saturated carbocycles. The second-order valence-electron chi connectivity index (χ2n) is 19.6. The van der Waals surface area contributed by atoms with Crippen molar-refractivity contribution < 1.29 is 0 Å². The van der Waals surface area contributed by atoms with Gasteiger partial charge in [0.25, 0.3) is 0 Å². The topological polar surface area (TPSA) is 8.17 Å². The second kappa shape index (κ2) is 18.4. The Morgan fingerprint density at radius 2 is 0.773 bits per heavy atom. The van der Waals surface area contributed by atoms with Gasteiger partial charge in [0.1, 0.15) is 0 Å². The molecule has 75 heavy (non-hydrogen) atoms. The summed E-state index contributed by atoms with van der Waals surface area (Å²) in [6, 6.07) is 111. The fraction of sp³-hybridized carbons (Fsp3) is 0.0137. The van der Waals surface area contributed by atoms with E-state index in [9.17, 15) is 0 Å². The zero-order valence-electron chi connectivity index (χ0n) is 41.3. The average Bonchev–Trinajstić information content (AvgIpc) is 4.01. The van der Waals surface area contributed by atoms with E-state index in [0.717, 1.165) is 50.6 Å². The molecule has 0 radical (unpaired) electrons. The van der Waals surface area contributed by atoms with Crippen LogP contribution < -0.4 is 4.90 Å². The summed E-state index contributed by atoms with van der Waals surface area (Å²) in [7, 11) is 0. The van der Waals surface area contributed by atoms with Gasteiger partial charge in [-0.25, -0.2) is 0 Å². The Kier molecular flexibility index (Phi) is 10.8. The molecule has 1 aromatic heterocycles. The summed E-state index contributed by atoms with van der Waals surface area (Å²) in [6.07, 6.45) is 0. The van der Waals surface area contributed by atoms with Gasteiger partial charge in [0.15, 0.2) is 0 Å². The molecule has 2 heteroatoms. The SMILES string of the molecule is c1ccc(-c2cccc(N(c3ccc4c(c3)C(c3ccccc3)(c3ccccc3)c3ccccc3-4)c3ccccc3-c3cccc(-c4ccc5c6ccccc6n(-c6cccc(-c7ccccc7)c6)c5c4)c3)c2)cc1. The van der Waals surface area contributed by atoms with E-state index in [4.69, 9.17) is 0 Å². The molecular formula is C73H50N2. The molecule has 0 bridgehead atoms. The summed E-state index contributed by atoms with van der Waals surface area (Å²) < 4.78 is 2.43. The maximum absolute atomic E-state index is 2.48. The number of hydrogen-bond donors (Lipinski definition) is 0. The Labute approximate surface area is 438 Å². The largest absolute Gasteiger partial charge is 0.310 e. The normalized spacial score (nSPS) is 12.4. The Morgan fingerprint density at radius 1 is 0.267 bits per heavy atom. The van der Waals surface area contributed by atoms with E-state index in [1.54, 1.807) is 0 Å². The quantitative estimate of drug-likeness (QED) is 0.133. The Morgan fingerprint density at radius 3 is 1.51 bits per heavy atom. The van der Waals surface area contributed by atoms with Gasteiger partial charge in [-0.05, 0) is 133 Å². The summed E-state index contributed by atoms with van der Waals surface area (Å²) in [4.78, 5) is 2.48. The zero-order valence-corrected chi connectivity index (χ0v) is 41.3. The van der Waals surface area contributed by atoms with E-state index in [0.29, 0.717) is 0 Å². The highest BCUT2D eigenvalue weighted by Crippen LogP contribution is 2.57. The van der Waals surface area contributed by atoms with E-state index in [2.05, 4.69) is 313 Å². The van der Waals surface area contributed by atoms with Crippen molar-refractivity contribution in [1.29, 1.82) is 0 Å². The predicted octanol–water partition coefficient (Wildman–Crippen LogP) is 19.3. The first kappa shape index (κ1) is 44.0. The standard InChI is InChI=1S/C73H50N2/c1-5-22-51(23-6-1)54-27-20-34-60(47-54)74(62-43-45-65-64-37-13-16-39-68(64)73(69(65)50-62,58-30-9-3-10-31-58)59-32-11-4-12-33-59)70-40-17-14-36-63(70)57-29-19-26-53(46-57)56-42-44-67-66-38-15-18-41-71(66)75(72(67)49-56)61-35-21-28-55(48-61)52-24-7-2-8-25-52/h1-50H. The first-order valence-corrected chi connectivity index (χ1v) is 25.9. The molecule has 0 spiro atoms. The van der Waals surface area contributed by atoms with Crippen LogP contribution >= 0.6 is 0 Å². The minimum atomic E-state index is -0.548. The number of fused-ring (bicyclic) bond motifs is 6. The maximum atomic E-state index is 2.48. The lowest BCUT2D eigenvalue weighted by Gasteiger charge is -2.35. The van der Waals surface area contributed by atoms with Crippen LogP contribution in [0.25, 0.3) is 83.1 Å². The number of benzene rings is 12. The van der Waals surface area contributed by atoms with Crippen molar-refractivity contribution >= 4 is 38.9 Å². The van der Waals surface area contributed by atoms with Crippen molar-refractivity contribution in [2.45, 2.75) is 5.41 Å². The van der Waals surface area contributed by atoms with E-state index < -0.39 is 5.41 Å². The van der Waals surface area contributed by atoms with Crippen molar-refractivity contribution in [3.05, 3.63) is 326 Å². The molecular weight excluding hydrogens is 905 g/mol. The first-order valence-electron chi connectivity index (χ1n) is 25.9. The molecule has 2 nitrogen and oxygen atoms in total. The molecule has 0 fully saturated rings. The highest BCUT2D eigenvalue weighted by Gasteiger charge is 2.46. The van der Waals surface area contributed by atoms with Crippen LogP contribution in [0.2, 0.25) is 0 Å². The molecule has 352 valence electrons. The van der Waals surface area contributed by atoms with Crippen LogP contribution in [-0.4, -0.2) is 4.57 Å². The minimum Gasteiger partial charge on any atom is -0.310 e. The van der Waals surface area contributed by atoms with Gasteiger partial charge >= 0.3 is 0 Å². The van der Waals surface area contributed by atoms with E-state index in [1.807, 2.05) is 0 Å². The lowest BCUT2D eigenvalue weighted by atomic mass is 9.67. The molecule has 14 rings (SSSR count). The molecule has 13 aromatic rings. The number of hydrogen-bond acceptors (Lipinski definition) is 1. The molecule has 0 N–H and O–H groups in total. The van der Waals surface area contributed by atoms with Crippen LogP contribution in [0.1, 0.15) is 22.3 Å². The molecule has 1 heterocycles. The van der Waals surface area contributed by atoms with Gasteiger partial charge in [0.2, 0.25) is 0 Å². The summed E-state index contributed by atoms with van der Waals surface area (Å²) in [5.74, 6) is 0. The molecule has 12 aromatic carbocycles. The third-order valence-electron chi connectivity index (χ3n) is 15.4. The highest BCUT2D eigenvalue weighted by atomic mass is 15.1. The molecule has 0 atom stereocenters. The number of nitrogens with zero attached hydrogens (tertiary/aromatic N) is 2. The summed E-state index contributed by atoms with van der Waals surface area (Å²) in [6.45, 7) is 0. The van der Waals surface area contributed by atoms with Gasteiger partial charge in [-0.15, -0.1) is 0 Å². The first-order chi connectivity index (χ1) is 37.2. The number of aromatic nitrogens is 1. The maximum Gasteiger partial charge on any atom is 0.0714 e. The Hall–Kier alpha value is -9.76.